The summed E-state index contributed by atoms with van der Waals surface area (Å²) in [5.74, 6) is -0.221. The predicted octanol–water partition coefficient (Wildman–Crippen LogP) is 7.38. The molecule has 3 atom stereocenters. The number of hydrogen-bond acceptors (Lipinski definition) is 6. The third-order valence-electron chi connectivity index (χ3n) is 7.09. The second-order valence-electron chi connectivity index (χ2n) is 12.5. The van der Waals surface area contributed by atoms with Crippen LogP contribution in [0.1, 0.15) is 123 Å². The van der Waals surface area contributed by atoms with Gasteiger partial charge < -0.3 is 28.8 Å². The standard InChI is InChI=1S/C34H65N2O6P/c1-6-8-10-12-14-15-16-17-18-19-20-21-22-24-26-28-34(38)35-32(33(37)27-25-23-13-11-9-7-2)31-42-43(39,40)41-30-29-36(3,4)5/h14-15,17-18,25,27,32-33,37H,6-13,16,19-24,26,28-31H2,1-5H3,(H-,35,38,39,40)/b15-14-,18-17-,27-25+. The molecule has 0 aliphatic heterocycles. The minimum Gasteiger partial charge on any atom is -0.756 e. The lowest BCUT2D eigenvalue weighted by Gasteiger charge is -2.29. The zero-order valence-corrected chi connectivity index (χ0v) is 29.0. The van der Waals surface area contributed by atoms with Crippen molar-refractivity contribution in [3.8, 4) is 0 Å². The Morgan fingerprint density at radius 2 is 1.35 bits per heavy atom. The van der Waals surface area contributed by atoms with Gasteiger partial charge in [0.1, 0.15) is 13.2 Å². The number of unbranched alkanes of at least 4 members (excludes halogenated alkanes) is 12. The van der Waals surface area contributed by atoms with Crippen LogP contribution in [-0.2, 0) is 18.4 Å². The van der Waals surface area contributed by atoms with Crippen LogP contribution in [0.2, 0.25) is 0 Å². The smallest absolute Gasteiger partial charge is 0.268 e. The van der Waals surface area contributed by atoms with Crippen LogP contribution >= 0.6 is 7.82 Å². The summed E-state index contributed by atoms with van der Waals surface area (Å²) in [5.41, 5.74) is 0. The number of aliphatic hydroxyl groups is 1. The van der Waals surface area contributed by atoms with Crippen molar-refractivity contribution in [2.75, 3.05) is 40.9 Å². The first-order valence-electron chi connectivity index (χ1n) is 16.9. The van der Waals surface area contributed by atoms with Crippen molar-refractivity contribution in [3.63, 3.8) is 0 Å². The van der Waals surface area contributed by atoms with Gasteiger partial charge in [-0.3, -0.25) is 9.36 Å². The molecule has 0 radical (unpaired) electrons. The summed E-state index contributed by atoms with van der Waals surface area (Å²) in [5, 5.41) is 13.5. The molecular weight excluding hydrogens is 563 g/mol. The number of phosphoric acid groups is 1. The lowest BCUT2D eigenvalue weighted by atomic mass is 10.1. The highest BCUT2D eigenvalue weighted by Crippen LogP contribution is 2.38. The molecule has 0 aromatic heterocycles. The number of amides is 1. The van der Waals surface area contributed by atoms with E-state index in [0.717, 1.165) is 70.6 Å². The summed E-state index contributed by atoms with van der Waals surface area (Å²) in [7, 11) is 1.24. The number of quaternary nitrogens is 1. The highest BCUT2D eigenvalue weighted by molar-refractivity contribution is 7.45. The Balaban J connectivity index is 4.49. The van der Waals surface area contributed by atoms with Crippen LogP contribution in [0.4, 0.5) is 0 Å². The number of aliphatic hydroxyl groups excluding tert-OH is 1. The molecule has 0 saturated heterocycles. The molecule has 43 heavy (non-hydrogen) atoms. The van der Waals surface area contributed by atoms with E-state index in [1.165, 1.54) is 32.1 Å². The molecule has 9 heteroatoms. The third-order valence-corrected chi connectivity index (χ3v) is 8.06. The number of phosphoric ester groups is 1. The summed E-state index contributed by atoms with van der Waals surface area (Å²) < 4.78 is 22.9. The maximum absolute atomic E-state index is 12.6. The molecule has 0 saturated carbocycles. The number of rotatable bonds is 29. The summed E-state index contributed by atoms with van der Waals surface area (Å²) in [4.78, 5) is 24.9. The van der Waals surface area contributed by atoms with Crippen molar-refractivity contribution >= 4 is 13.7 Å². The van der Waals surface area contributed by atoms with Crippen LogP contribution in [0, 0.1) is 0 Å². The second kappa shape index (κ2) is 27.1. The van der Waals surface area contributed by atoms with Gasteiger partial charge >= 0.3 is 0 Å². The van der Waals surface area contributed by atoms with E-state index in [0.29, 0.717) is 17.4 Å². The first-order valence-corrected chi connectivity index (χ1v) is 18.3. The van der Waals surface area contributed by atoms with Crippen molar-refractivity contribution in [1.82, 2.24) is 5.32 Å². The van der Waals surface area contributed by atoms with Crippen LogP contribution in [0.5, 0.6) is 0 Å². The fourth-order valence-electron chi connectivity index (χ4n) is 4.30. The van der Waals surface area contributed by atoms with Crippen molar-refractivity contribution < 1.29 is 32.9 Å². The molecule has 3 unspecified atom stereocenters. The van der Waals surface area contributed by atoms with Crippen molar-refractivity contribution in [2.45, 2.75) is 135 Å². The summed E-state index contributed by atoms with van der Waals surface area (Å²) in [6.45, 7) is 4.48. The van der Waals surface area contributed by atoms with Crippen LogP contribution < -0.4 is 10.2 Å². The first-order chi connectivity index (χ1) is 20.5. The molecule has 0 spiro atoms. The van der Waals surface area contributed by atoms with E-state index in [1.807, 2.05) is 27.2 Å². The zero-order chi connectivity index (χ0) is 32.2. The monoisotopic (exact) mass is 628 g/mol. The highest BCUT2D eigenvalue weighted by atomic mass is 31.2. The highest BCUT2D eigenvalue weighted by Gasteiger charge is 2.23. The van der Waals surface area contributed by atoms with E-state index >= 15 is 0 Å². The number of carbonyl (C=O) groups excluding carboxylic acids is 1. The van der Waals surface area contributed by atoms with Crippen molar-refractivity contribution in [3.05, 3.63) is 36.5 Å². The van der Waals surface area contributed by atoms with Gasteiger partial charge in [-0.25, -0.2) is 0 Å². The van der Waals surface area contributed by atoms with E-state index in [4.69, 9.17) is 9.05 Å². The molecule has 0 fully saturated rings. The average molecular weight is 629 g/mol. The quantitative estimate of drug-likeness (QED) is 0.0387. The number of nitrogens with one attached hydrogen (secondary N) is 1. The van der Waals surface area contributed by atoms with Gasteiger partial charge in [0.15, 0.2) is 0 Å². The molecule has 1 amide bonds. The summed E-state index contributed by atoms with van der Waals surface area (Å²) in [6.07, 6.45) is 29.2. The molecule has 0 aromatic carbocycles. The normalized spacial score (nSPS) is 15.4. The third kappa shape index (κ3) is 29.2. The fourth-order valence-corrected chi connectivity index (χ4v) is 5.02. The molecule has 0 rings (SSSR count). The number of carbonyl (C=O) groups is 1. The van der Waals surface area contributed by atoms with Crippen LogP contribution in [-0.4, -0.2) is 68.5 Å². The Labute approximate surface area is 264 Å². The first kappa shape index (κ1) is 41.7. The maximum Gasteiger partial charge on any atom is 0.268 e. The van der Waals surface area contributed by atoms with E-state index in [1.54, 1.807) is 6.08 Å². The molecule has 0 aliphatic rings. The Bertz CT molecular complexity index is 809. The van der Waals surface area contributed by atoms with Gasteiger partial charge in [-0.05, 0) is 51.4 Å². The molecule has 2 N–H and O–H groups in total. The van der Waals surface area contributed by atoms with E-state index < -0.39 is 20.0 Å². The topological polar surface area (TPSA) is 108 Å². The van der Waals surface area contributed by atoms with Crippen LogP contribution in [0.15, 0.2) is 36.5 Å². The Kier molecular flexibility index (Phi) is 26.3. The van der Waals surface area contributed by atoms with E-state index in [-0.39, 0.29) is 19.1 Å². The zero-order valence-electron chi connectivity index (χ0n) is 28.1. The number of hydrogen-bond donors (Lipinski definition) is 2. The van der Waals surface area contributed by atoms with Crippen LogP contribution in [0.3, 0.4) is 0 Å². The maximum atomic E-state index is 12.6. The molecule has 0 heterocycles. The Hall–Kier alpha value is -1.28. The summed E-state index contributed by atoms with van der Waals surface area (Å²) >= 11 is 0. The largest absolute Gasteiger partial charge is 0.756 e. The fraction of sp³-hybridized carbons (Fsp3) is 0.794. The Morgan fingerprint density at radius 3 is 1.98 bits per heavy atom. The molecule has 0 bridgehead atoms. The number of allylic oxidation sites excluding steroid dienone is 5. The van der Waals surface area contributed by atoms with Gasteiger partial charge in [-0.1, -0.05) is 102 Å². The molecule has 252 valence electrons. The predicted molar refractivity (Wildman–Crippen MR) is 178 cm³/mol. The van der Waals surface area contributed by atoms with E-state index in [2.05, 4.69) is 43.5 Å². The minimum atomic E-state index is -4.57. The number of nitrogens with zero attached hydrogens (tertiary/aromatic N) is 1. The number of likely N-dealkylation sites (N-methyl/N-ethyl adjacent to an activating group) is 1. The molecular formula is C34H65N2O6P. The van der Waals surface area contributed by atoms with Gasteiger partial charge in [-0.2, -0.15) is 0 Å². The molecule has 8 nitrogen and oxygen atoms in total. The van der Waals surface area contributed by atoms with Crippen molar-refractivity contribution in [2.24, 2.45) is 0 Å². The van der Waals surface area contributed by atoms with Gasteiger partial charge in [0.2, 0.25) is 5.91 Å². The van der Waals surface area contributed by atoms with E-state index in [9.17, 15) is 19.4 Å². The SMILES string of the molecule is CCCCC/C=C\C/C=C\CCCCCCCC(=O)NC(COP(=O)([O-])OCC[N+](C)(C)C)C(O)/C=C/CCCCCC. The van der Waals surface area contributed by atoms with Gasteiger partial charge in [-0.15, -0.1) is 0 Å². The average Bonchev–Trinajstić information content (AvgIpc) is 2.94. The second-order valence-corrected chi connectivity index (χ2v) is 13.9. The summed E-state index contributed by atoms with van der Waals surface area (Å²) in [6, 6.07) is -0.887. The van der Waals surface area contributed by atoms with Gasteiger partial charge in [0.05, 0.1) is 39.9 Å². The lowest BCUT2D eigenvalue weighted by molar-refractivity contribution is -0.870. The molecule has 0 aromatic rings. The Morgan fingerprint density at radius 1 is 0.814 bits per heavy atom. The van der Waals surface area contributed by atoms with Crippen LogP contribution in [0.25, 0.3) is 0 Å². The van der Waals surface area contributed by atoms with Gasteiger partial charge in [0, 0.05) is 6.42 Å². The van der Waals surface area contributed by atoms with Gasteiger partial charge in [0.25, 0.3) is 7.82 Å². The minimum absolute atomic E-state index is 0.00561. The lowest BCUT2D eigenvalue weighted by Crippen LogP contribution is -2.45. The van der Waals surface area contributed by atoms with Crippen molar-refractivity contribution in [1.29, 1.82) is 0 Å². The molecule has 0 aliphatic carbocycles.